The predicted molar refractivity (Wildman–Crippen MR) is 131 cm³/mol. The van der Waals surface area contributed by atoms with E-state index in [9.17, 15) is 18.0 Å². The van der Waals surface area contributed by atoms with Crippen molar-refractivity contribution in [3.63, 3.8) is 0 Å². The van der Waals surface area contributed by atoms with Crippen molar-refractivity contribution in [1.29, 1.82) is 0 Å². The molecule has 1 atom stereocenters. The minimum atomic E-state index is -3.87. The first-order valence-corrected chi connectivity index (χ1v) is 12.5. The monoisotopic (exact) mass is 495 g/mol. The van der Waals surface area contributed by atoms with Crippen LogP contribution in [0.1, 0.15) is 23.7 Å². The summed E-state index contributed by atoms with van der Waals surface area (Å²) in [6.07, 6.45) is 0.718. The van der Waals surface area contributed by atoms with Gasteiger partial charge in [-0.25, -0.2) is 8.42 Å². The molecule has 182 valence electrons. The lowest BCUT2D eigenvalue weighted by Gasteiger charge is -2.15. The van der Waals surface area contributed by atoms with Gasteiger partial charge in [-0.3, -0.25) is 14.3 Å². The van der Waals surface area contributed by atoms with Crippen LogP contribution >= 0.6 is 0 Å². The molecule has 10 heteroatoms. The Bertz CT molecular complexity index is 1310. The SMILES string of the molecule is C[C@H](NC(=O)c1ccccc1)C(=O)Nc1ccc(NS(=O)(=O)c2ccc3c(c2)OCCCO3)cc1. The van der Waals surface area contributed by atoms with Gasteiger partial charge < -0.3 is 20.1 Å². The number of benzene rings is 3. The number of anilines is 2. The number of fused-ring (bicyclic) bond motifs is 1. The lowest BCUT2D eigenvalue weighted by atomic mass is 10.2. The Labute approximate surface area is 203 Å². The van der Waals surface area contributed by atoms with Crippen LogP contribution in [0.15, 0.2) is 77.7 Å². The van der Waals surface area contributed by atoms with Crippen LogP contribution in [0.25, 0.3) is 0 Å². The van der Waals surface area contributed by atoms with E-state index in [-0.39, 0.29) is 10.8 Å². The van der Waals surface area contributed by atoms with Crippen LogP contribution in [0.2, 0.25) is 0 Å². The molecule has 0 aliphatic carbocycles. The maximum Gasteiger partial charge on any atom is 0.262 e. The maximum absolute atomic E-state index is 12.8. The third-order valence-electron chi connectivity index (χ3n) is 5.21. The molecular weight excluding hydrogens is 470 g/mol. The summed E-state index contributed by atoms with van der Waals surface area (Å²) in [6.45, 7) is 2.54. The zero-order valence-electron chi connectivity index (χ0n) is 19.0. The molecule has 1 heterocycles. The summed E-state index contributed by atoms with van der Waals surface area (Å²) in [5.74, 6) is 0.134. The van der Waals surface area contributed by atoms with E-state index in [1.807, 2.05) is 0 Å². The highest BCUT2D eigenvalue weighted by molar-refractivity contribution is 7.92. The van der Waals surface area contributed by atoms with Crippen LogP contribution in [0.4, 0.5) is 11.4 Å². The van der Waals surface area contributed by atoms with E-state index < -0.39 is 22.0 Å². The van der Waals surface area contributed by atoms with Crippen molar-refractivity contribution in [2.24, 2.45) is 0 Å². The normalized spacial score (nSPS) is 13.7. The largest absolute Gasteiger partial charge is 0.490 e. The smallest absolute Gasteiger partial charge is 0.262 e. The molecule has 0 radical (unpaired) electrons. The van der Waals surface area contributed by atoms with Crippen molar-refractivity contribution >= 4 is 33.2 Å². The fourth-order valence-electron chi connectivity index (χ4n) is 3.33. The Hall–Kier alpha value is -4.05. The van der Waals surface area contributed by atoms with Crippen molar-refractivity contribution in [3.05, 3.63) is 78.4 Å². The molecule has 0 fully saturated rings. The standard InChI is InChI=1S/C25H25N3O6S/c1-17(26-25(30)18-6-3-2-4-7-18)24(29)27-19-8-10-20(11-9-19)28-35(31,32)21-12-13-22-23(16-21)34-15-5-14-33-22/h2-4,6-13,16-17,28H,5,14-15H2,1H3,(H,26,30)(H,27,29)/t17-/m0/s1. The summed E-state index contributed by atoms with van der Waals surface area (Å²) in [5.41, 5.74) is 1.23. The molecule has 2 amide bonds. The number of carbonyl (C=O) groups is 2. The summed E-state index contributed by atoms with van der Waals surface area (Å²) in [6, 6.07) is 18.5. The number of carbonyl (C=O) groups excluding carboxylic acids is 2. The second-order valence-electron chi connectivity index (χ2n) is 7.89. The molecule has 0 saturated heterocycles. The summed E-state index contributed by atoms with van der Waals surface area (Å²) in [5, 5.41) is 5.34. The molecule has 0 unspecified atom stereocenters. The van der Waals surface area contributed by atoms with E-state index in [1.165, 1.54) is 24.3 Å². The van der Waals surface area contributed by atoms with Gasteiger partial charge in [0.2, 0.25) is 5.91 Å². The predicted octanol–water partition coefficient (Wildman–Crippen LogP) is 3.41. The van der Waals surface area contributed by atoms with Crippen LogP contribution in [0.3, 0.4) is 0 Å². The lowest BCUT2D eigenvalue weighted by molar-refractivity contribution is -0.117. The molecule has 0 spiro atoms. The van der Waals surface area contributed by atoms with Gasteiger partial charge in [0.05, 0.1) is 18.1 Å². The van der Waals surface area contributed by atoms with E-state index in [0.717, 1.165) is 6.42 Å². The third kappa shape index (κ3) is 6.10. The second-order valence-corrected chi connectivity index (χ2v) is 9.57. The Morgan fingerprint density at radius 3 is 2.23 bits per heavy atom. The van der Waals surface area contributed by atoms with Gasteiger partial charge in [-0.05, 0) is 55.5 Å². The Balaban J connectivity index is 1.36. The van der Waals surface area contributed by atoms with Gasteiger partial charge in [0.25, 0.3) is 15.9 Å². The fraction of sp³-hybridized carbons (Fsp3) is 0.200. The molecule has 4 rings (SSSR count). The summed E-state index contributed by atoms with van der Waals surface area (Å²) in [7, 11) is -3.87. The van der Waals surface area contributed by atoms with E-state index in [4.69, 9.17) is 9.47 Å². The van der Waals surface area contributed by atoms with Gasteiger partial charge in [-0.2, -0.15) is 0 Å². The Morgan fingerprint density at radius 1 is 0.857 bits per heavy atom. The minimum Gasteiger partial charge on any atom is -0.490 e. The van der Waals surface area contributed by atoms with E-state index >= 15 is 0 Å². The van der Waals surface area contributed by atoms with Gasteiger partial charge in [-0.1, -0.05) is 18.2 Å². The van der Waals surface area contributed by atoms with Gasteiger partial charge in [-0.15, -0.1) is 0 Å². The van der Waals surface area contributed by atoms with Crippen molar-refractivity contribution < 1.29 is 27.5 Å². The van der Waals surface area contributed by atoms with E-state index in [1.54, 1.807) is 55.5 Å². The summed E-state index contributed by atoms with van der Waals surface area (Å²) < 4.78 is 39.3. The first-order valence-electron chi connectivity index (χ1n) is 11.0. The number of sulfonamides is 1. The quantitative estimate of drug-likeness (QED) is 0.462. The average molecular weight is 496 g/mol. The third-order valence-corrected chi connectivity index (χ3v) is 6.59. The van der Waals surface area contributed by atoms with E-state index in [2.05, 4.69) is 15.4 Å². The molecule has 35 heavy (non-hydrogen) atoms. The van der Waals surface area contributed by atoms with Crippen LogP contribution in [0.5, 0.6) is 11.5 Å². The van der Waals surface area contributed by atoms with E-state index in [0.29, 0.717) is 41.7 Å². The molecule has 1 aliphatic rings. The molecule has 3 N–H and O–H groups in total. The molecule has 9 nitrogen and oxygen atoms in total. The van der Waals surface area contributed by atoms with Gasteiger partial charge in [0.15, 0.2) is 11.5 Å². The Morgan fingerprint density at radius 2 is 1.51 bits per heavy atom. The highest BCUT2D eigenvalue weighted by atomic mass is 32.2. The zero-order valence-corrected chi connectivity index (χ0v) is 19.8. The second kappa shape index (κ2) is 10.5. The van der Waals surface area contributed by atoms with Crippen molar-refractivity contribution in [1.82, 2.24) is 5.32 Å². The van der Waals surface area contributed by atoms with Crippen LogP contribution in [0, 0.1) is 0 Å². The van der Waals surface area contributed by atoms with Crippen LogP contribution in [-0.2, 0) is 14.8 Å². The average Bonchev–Trinajstić information content (AvgIpc) is 3.10. The lowest BCUT2D eigenvalue weighted by Crippen LogP contribution is -2.41. The number of rotatable bonds is 7. The molecule has 3 aromatic carbocycles. The number of amides is 2. The number of nitrogens with one attached hydrogen (secondary N) is 3. The fourth-order valence-corrected chi connectivity index (χ4v) is 4.41. The van der Waals surface area contributed by atoms with Crippen molar-refractivity contribution in [2.75, 3.05) is 23.3 Å². The molecular formula is C25H25N3O6S. The van der Waals surface area contributed by atoms with Gasteiger partial charge in [0.1, 0.15) is 6.04 Å². The van der Waals surface area contributed by atoms with Crippen LogP contribution in [-0.4, -0.2) is 39.5 Å². The highest BCUT2D eigenvalue weighted by Crippen LogP contribution is 2.32. The molecule has 0 saturated carbocycles. The number of ether oxygens (including phenoxy) is 2. The maximum atomic E-state index is 12.8. The first-order chi connectivity index (χ1) is 16.8. The molecule has 1 aliphatic heterocycles. The molecule has 0 bridgehead atoms. The van der Waals surface area contributed by atoms with Gasteiger partial charge >= 0.3 is 0 Å². The minimum absolute atomic E-state index is 0.0436. The highest BCUT2D eigenvalue weighted by Gasteiger charge is 2.20. The van der Waals surface area contributed by atoms with Gasteiger partial charge in [0, 0.05) is 29.4 Å². The number of hydrogen-bond acceptors (Lipinski definition) is 6. The summed E-state index contributed by atoms with van der Waals surface area (Å²) in [4.78, 5) is 24.7. The Kier molecular flexibility index (Phi) is 7.21. The van der Waals surface area contributed by atoms with Crippen molar-refractivity contribution in [3.8, 4) is 11.5 Å². The van der Waals surface area contributed by atoms with Crippen molar-refractivity contribution in [2.45, 2.75) is 24.3 Å². The topological polar surface area (TPSA) is 123 Å². The molecule has 3 aromatic rings. The summed E-state index contributed by atoms with van der Waals surface area (Å²) >= 11 is 0. The zero-order chi connectivity index (χ0) is 24.8. The number of hydrogen-bond donors (Lipinski definition) is 3. The molecule has 0 aromatic heterocycles. The van der Waals surface area contributed by atoms with Crippen LogP contribution < -0.4 is 24.8 Å². The first kappa shape index (κ1) is 24.1.